The number of fused-ring (bicyclic) bond motifs is 2. The smallest absolute Gasteiger partial charge is 0.351 e. The van der Waals surface area contributed by atoms with Crippen molar-refractivity contribution in [3.63, 3.8) is 0 Å². The molecule has 3 amide bonds. The van der Waals surface area contributed by atoms with Crippen LogP contribution in [-0.4, -0.2) is 72.6 Å². The Hall–Kier alpha value is -1.43. The Balaban J connectivity index is 1.64. The third kappa shape index (κ3) is 3.57. The molecule has 0 saturated carbocycles. The molecule has 130 valence electrons. The number of carbonyl (C=O) groups excluding carboxylic acids is 2. The van der Waals surface area contributed by atoms with Crippen molar-refractivity contribution >= 4 is 22.3 Å². The van der Waals surface area contributed by atoms with E-state index in [1.54, 1.807) is 0 Å². The lowest BCUT2D eigenvalue weighted by atomic mass is 9.99. The van der Waals surface area contributed by atoms with Crippen molar-refractivity contribution in [1.82, 2.24) is 20.6 Å². The van der Waals surface area contributed by atoms with Crippen LogP contribution in [0.5, 0.6) is 0 Å². The average molecular weight is 348 g/mol. The van der Waals surface area contributed by atoms with Crippen LogP contribution in [0.1, 0.15) is 25.7 Å². The van der Waals surface area contributed by atoms with Crippen LogP contribution in [-0.2, 0) is 19.5 Å². The molecule has 3 aliphatic heterocycles. The molecule has 0 aliphatic carbocycles. The molecule has 23 heavy (non-hydrogen) atoms. The van der Waals surface area contributed by atoms with E-state index in [1.165, 1.54) is 4.90 Å². The number of carbonyl (C=O) groups is 2. The number of nitrogens with one attached hydrogen (secondary N) is 2. The molecular formula is C12H20N4O6S. The van der Waals surface area contributed by atoms with Gasteiger partial charge in [0.1, 0.15) is 6.04 Å². The van der Waals surface area contributed by atoms with Crippen molar-refractivity contribution in [3.05, 3.63) is 0 Å². The Kier molecular flexibility index (Phi) is 4.45. The van der Waals surface area contributed by atoms with Crippen LogP contribution in [0.15, 0.2) is 0 Å². The number of piperidine rings is 2. The molecule has 3 aliphatic rings. The first-order chi connectivity index (χ1) is 10.8. The van der Waals surface area contributed by atoms with Gasteiger partial charge in [-0.15, -0.1) is 4.28 Å². The monoisotopic (exact) mass is 348 g/mol. The minimum absolute atomic E-state index is 0.0874. The Labute approximate surface area is 134 Å². The maximum absolute atomic E-state index is 12.4. The van der Waals surface area contributed by atoms with Gasteiger partial charge < -0.3 is 15.5 Å². The van der Waals surface area contributed by atoms with Gasteiger partial charge in [0, 0.05) is 12.6 Å². The van der Waals surface area contributed by atoms with Gasteiger partial charge in [-0.05, 0) is 38.8 Å². The number of hydroxylamine groups is 2. The summed E-state index contributed by atoms with van der Waals surface area (Å²) in [7, 11) is -4.77. The van der Waals surface area contributed by atoms with Gasteiger partial charge >= 0.3 is 16.4 Å². The lowest BCUT2D eigenvalue weighted by Crippen LogP contribution is -2.53. The fourth-order valence-electron chi connectivity index (χ4n) is 3.37. The lowest BCUT2D eigenvalue weighted by molar-refractivity contribution is -0.127. The molecule has 0 aromatic rings. The van der Waals surface area contributed by atoms with E-state index in [4.69, 9.17) is 4.55 Å². The van der Waals surface area contributed by atoms with Crippen molar-refractivity contribution < 1.29 is 26.8 Å². The van der Waals surface area contributed by atoms with E-state index in [-0.39, 0.29) is 18.5 Å². The van der Waals surface area contributed by atoms with Gasteiger partial charge in [-0.2, -0.15) is 13.5 Å². The van der Waals surface area contributed by atoms with Gasteiger partial charge in [0.2, 0.25) is 5.91 Å². The molecule has 3 rings (SSSR count). The molecular weight excluding hydrogens is 328 g/mol. The lowest BCUT2D eigenvalue weighted by Gasteiger charge is -2.32. The number of urea groups is 1. The number of nitrogens with zero attached hydrogens (tertiary/aromatic N) is 2. The summed E-state index contributed by atoms with van der Waals surface area (Å²) in [6.07, 6.45) is 2.54. The van der Waals surface area contributed by atoms with E-state index in [0.29, 0.717) is 17.9 Å². The third-order valence-electron chi connectivity index (χ3n) is 4.49. The van der Waals surface area contributed by atoms with E-state index in [1.807, 2.05) is 0 Å². The highest BCUT2D eigenvalue weighted by Gasteiger charge is 2.49. The highest BCUT2D eigenvalue weighted by Crippen LogP contribution is 2.30. The van der Waals surface area contributed by atoms with Crippen LogP contribution in [0.3, 0.4) is 0 Å². The predicted molar refractivity (Wildman–Crippen MR) is 77.4 cm³/mol. The summed E-state index contributed by atoms with van der Waals surface area (Å²) in [4.78, 5) is 26.0. The zero-order chi connectivity index (χ0) is 16.6. The van der Waals surface area contributed by atoms with Crippen LogP contribution >= 0.6 is 0 Å². The second-order valence-electron chi connectivity index (χ2n) is 6.04. The van der Waals surface area contributed by atoms with Crippen molar-refractivity contribution in [2.24, 2.45) is 0 Å². The standard InChI is InChI=1S/C12H20N4O6S/c17-11(14-8-3-5-13-6-4-8)10-2-1-9-7-15(10)12(18)16(9)22-23(19,20)21/h8-10,13H,1-7H2,(H,14,17)(H,19,20,21). The number of hydrogen-bond acceptors (Lipinski definition) is 6. The molecule has 10 nitrogen and oxygen atoms in total. The van der Waals surface area contributed by atoms with Gasteiger partial charge in [-0.1, -0.05) is 0 Å². The van der Waals surface area contributed by atoms with E-state index >= 15 is 0 Å². The quantitative estimate of drug-likeness (QED) is 0.548. The first-order valence-corrected chi connectivity index (χ1v) is 8.99. The SMILES string of the molecule is O=C(NC1CCNCC1)C1CCC2CN1C(=O)N2OS(=O)(=O)O. The van der Waals surface area contributed by atoms with Gasteiger partial charge in [0.15, 0.2) is 0 Å². The molecule has 0 radical (unpaired) electrons. The number of rotatable bonds is 4. The fourth-order valence-corrected chi connectivity index (χ4v) is 3.76. The first-order valence-electron chi connectivity index (χ1n) is 7.63. The van der Waals surface area contributed by atoms with Crippen molar-refractivity contribution in [2.75, 3.05) is 19.6 Å². The van der Waals surface area contributed by atoms with Crippen molar-refractivity contribution in [1.29, 1.82) is 0 Å². The second-order valence-corrected chi connectivity index (χ2v) is 7.05. The average Bonchev–Trinajstić information content (AvgIpc) is 2.72. The molecule has 0 aromatic heterocycles. The zero-order valence-corrected chi connectivity index (χ0v) is 13.3. The van der Waals surface area contributed by atoms with Crippen LogP contribution in [0, 0.1) is 0 Å². The maximum atomic E-state index is 12.4. The minimum atomic E-state index is -4.77. The minimum Gasteiger partial charge on any atom is -0.351 e. The van der Waals surface area contributed by atoms with E-state index in [9.17, 15) is 18.0 Å². The summed E-state index contributed by atoms with van der Waals surface area (Å²) in [5.74, 6) is -0.225. The van der Waals surface area contributed by atoms with Crippen LogP contribution in [0.2, 0.25) is 0 Å². The van der Waals surface area contributed by atoms with E-state index in [2.05, 4.69) is 14.9 Å². The maximum Gasteiger partial charge on any atom is 0.418 e. The Bertz CT molecular complexity index is 590. The Morgan fingerprint density at radius 1 is 1.26 bits per heavy atom. The molecule has 11 heteroatoms. The zero-order valence-electron chi connectivity index (χ0n) is 12.5. The molecule has 2 bridgehead atoms. The summed E-state index contributed by atoms with van der Waals surface area (Å²) in [6, 6.07) is -1.74. The third-order valence-corrected chi connectivity index (χ3v) is 4.83. The molecule has 3 saturated heterocycles. The summed E-state index contributed by atoms with van der Waals surface area (Å²) >= 11 is 0. The first kappa shape index (κ1) is 16.4. The molecule has 2 unspecified atom stereocenters. The van der Waals surface area contributed by atoms with Crippen LogP contribution < -0.4 is 10.6 Å². The Morgan fingerprint density at radius 2 is 1.96 bits per heavy atom. The van der Waals surface area contributed by atoms with Gasteiger partial charge in [0.25, 0.3) is 0 Å². The summed E-state index contributed by atoms with van der Waals surface area (Å²) in [6.45, 7) is 1.89. The molecule has 3 fully saturated rings. The van der Waals surface area contributed by atoms with Crippen molar-refractivity contribution in [3.8, 4) is 0 Å². The molecule has 0 spiro atoms. The molecule has 0 aromatic carbocycles. The second kappa shape index (κ2) is 6.23. The van der Waals surface area contributed by atoms with Crippen LogP contribution in [0.4, 0.5) is 4.79 Å². The normalized spacial score (nSPS) is 29.0. The number of amides is 3. The van der Waals surface area contributed by atoms with E-state index in [0.717, 1.165) is 25.9 Å². The molecule has 2 atom stereocenters. The molecule has 3 N–H and O–H groups in total. The van der Waals surface area contributed by atoms with Gasteiger partial charge in [0.05, 0.1) is 6.04 Å². The highest BCUT2D eigenvalue weighted by molar-refractivity contribution is 7.80. The van der Waals surface area contributed by atoms with Crippen molar-refractivity contribution in [2.45, 2.75) is 43.8 Å². The highest BCUT2D eigenvalue weighted by atomic mass is 32.3. The van der Waals surface area contributed by atoms with Gasteiger partial charge in [-0.25, -0.2) is 4.79 Å². The fraction of sp³-hybridized carbons (Fsp3) is 0.833. The number of hydrogen-bond donors (Lipinski definition) is 3. The summed E-state index contributed by atoms with van der Waals surface area (Å²) in [5.41, 5.74) is 0. The predicted octanol–water partition coefficient (Wildman–Crippen LogP) is -1.14. The van der Waals surface area contributed by atoms with Crippen LogP contribution in [0.25, 0.3) is 0 Å². The summed E-state index contributed by atoms with van der Waals surface area (Å²) in [5, 5.41) is 6.81. The Morgan fingerprint density at radius 3 is 2.61 bits per heavy atom. The van der Waals surface area contributed by atoms with E-state index < -0.39 is 28.5 Å². The molecule has 3 heterocycles. The largest absolute Gasteiger partial charge is 0.418 e. The summed E-state index contributed by atoms with van der Waals surface area (Å²) < 4.78 is 34.8. The topological polar surface area (TPSA) is 128 Å². The van der Waals surface area contributed by atoms with Gasteiger partial charge in [-0.3, -0.25) is 9.35 Å².